The first-order valence-electron chi connectivity index (χ1n) is 6.84. The maximum atomic E-state index is 4.46. The summed E-state index contributed by atoms with van der Waals surface area (Å²) in [4.78, 5) is 11.2. The Hall–Kier alpha value is -1.00. The number of hydrogen-bond acceptors (Lipinski definition) is 4. The fourth-order valence-electron chi connectivity index (χ4n) is 2.98. The predicted molar refractivity (Wildman–Crippen MR) is 73.3 cm³/mol. The standard InChI is InChI=1S/C14H24N4/c1-14(2,18-9-5-4-6-10-18)13(15-3)12-11-16-7-8-17-12/h7-8,11,13,15H,4-6,9-10H2,1-3H3. The van der Waals surface area contributed by atoms with E-state index >= 15 is 0 Å². The third-order valence-corrected chi connectivity index (χ3v) is 4.05. The third kappa shape index (κ3) is 2.70. The van der Waals surface area contributed by atoms with Crippen molar-refractivity contribution in [2.24, 2.45) is 0 Å². The highest BCUT2D eigenvalue weighted by molar-refractivity contribution is 5.10. The van der Waals surface area contributed by atoms with Crippen LogP contribution in [0.1, 0.15) is 44.8 Å². The molecule has 0 aromatic carbocycles. The minimum atomic E-state index is 0.0607. The van der Waals surface area contributed by atoms with E-state index in [-0.39, 0.29) is 11.6 Å². The van der Waals surface area contributed by atoms with E-state index in [1.54, 1.807) is 12.4 Å². The van der Waals surface area contributed by atoms with Crippen molar-refractivity contribution in [3.05, 3.63) is 24.3 Å². The molecular weight excluding hydrogens is 224 g/mol. The summed E-state index contributed by atoms with van der Waals surface area (Å²) in [5.74, 6) is 0. The Kier molecular flexibility index (Phi) is 4.30. The van der Waals surface area contributed by atoms with Gasteiger partial charge in [0.1, 0.15) is 0 Å². The normalized spacial score (nSPS) is 19.7. The Balaban J connectivity index is 2.19. The molecule has 0 amide bonds. The average Bonchev–Trinajstić information content (AvgIpc) is 2.41. The summed E-state index contributed by atoms with van der Waals surface area (Å²) >= 11 is 0. The molecule has 1 saturated heterocycles. The largest absolute Gasteiger partial charge is 0.310 e. The van der Waals surface area contributed by atoms with Crippen LogP contribution in [-0.4, -0.2) is 40.5 Å². The number of nitrogens with one attached hydrogen (secondary N) is 1. The van der Waals surface area contributed by atoms with Crippen LogP contribution >= 0.6 is 0 Å². The Morgan fingerprint density at radius 2 is 1.94 bits per heavy atom. The third-order valence-electron chi connectivity index (χ3n) is 4.05. The molecule has 0 radical (unpaired) electrons. The van der Waals surface area contributed by atoms with Gasteiger partial charge < -0.3 is 5.32 Å². The zero-order chi connectivity index (χ0) is 13.0. The molecule has 100 valence electrons. The fraction of sp³-hybridized carbons (Fsp3) is 0.714. The van der Waals surface area contributed by atoms with E-state index in [0.29, 0.717) is 0 Å². The molecule has 0 bridgehead atoms. The number of piperidine rings is 1. The second-order valence-electron chi connectivity index (χ2n) is 5.55. The molecule has 1 unspecified atom stereocenters. The lowest BCUT2D eigenvalue weighted by Crippen LogP contribution is -2.54. The lowest BCUT2D eigenvalue weighted by Gasteiger charge is -2.45. The van der Waals surface area contributed by atoms with Crippen molar-refractivity contribution < 1.29 is 0 Å². The molecule has 0 aliphatic carbocycles. The maximum absolute atomic E-state index is 4.46. The maximum Gasteiger partial charge on any atom is 0.0774 e. The molecular formula is C14H24N4. The van der Waals surface area contributed by atoms with Crippen molar-refractivity contribution in [1.82, 2.24) is 20.2 Å². The van der Waals surface area contributed by atoms with Gasteiger partial charge in [-0.25, -0.2) is 0 Å². The van der Waals surface area contributed by atoms with Crippen molar-refractivity contribution >= 4 is 0 Å². The van der Waals surface area contributed by atoms with Crippen LogP contribution in [0.15, 0.2) is 18.6 Å². The molecule has 2 heterocycles. The highest BCUT2D eigenvalue weighted by Crippen LogP contribution is 2.31. The van der Waals surface area contributed by atoms with Crippen LogP contribution in [0, 0.1) is 0 Å². The molecule has 18 heavy (non-hydrogen) atoms. The highest BCUT2D eigenvalue weighted by atomic mass is 15.2. The second kappa shape index (κ2) is 5.76. The van der Waals surface area contributed by atoms with Gasteiger partial charge in [-0.1, -0.05) is 6.42 Å². The molecule has 1 atom stereocenters. The van der Waals surface area contributed by atoms with E-state index in [1.807, 2.05) is 13.2 Å². The summed E-state index contributed by atoms with van der Waals surface area (Å²) in [5.41, 5.74) is 1.08. The van der Waals surface area contributed by atoms with Crippen LogP contribution in [0.3, 0.4) is 0 Å². The number of aromatic nitrogens is 2. The first-order chi connectivity index (χ1) is 8.66. The van der Waals surface area contributed by atoms with Crippen molar-refractivity contribution in [3.63, 3.8) is 0 Å². The van der Waals surface area contributed by atoms with Gasteiger partial charge in [0.05, 0.1) is 17.9 Å². The number of likely N-dealkylation sites (N-methyl/N-ethyl adjacent to an activating group) is 1. The van der Waals surface area contributed by atoms with Crippen LogP contribution in [0.5, 0.6) is 0 Å². The molecule has 1 aliphatic heterocycles. The van der Waals surface area contributed by atoms with E-state index in [0.717, 1.165) is 5.69 Å². The summed E-state index contributed by atoms with van der Waals surface area (Å²) in [6.07, 6.45) is 9.34. The van der Waals surface area contributed by atoms with Crippen LogP contribution in [0.4, 0.5) is 0 Å². The number of nitrogens with zero attached hydrogens (tertiary/aromatic N) is 3. The molecule has 0 spiro atoms. The Bertz CT molecular complexity index is 357. The smallest absolute Gasteiger partial charge is 0.0774 e. The van der Waals surface area contributed by atoms with Gasteiger partial charge in [-0.3, -0.25) is 14.9 Å². The van der Waals surface area contributed by atoms with Gasteiger partial charge in [0.15, 0.2) is 0 Å². The van der Waals surface area contributed by atoms with Crippen LogP contribution in [-0.2, 0) is 0 Å². The highest BCUT2D eigenvalue weighted by Gasteiger charge is 2.36. The molecule has 1 aromatic heterocycles. The molecule has 2 rings (SSSR count). The topological polar surface area (TPSA) is 41.1 Å². The van der Waals surface area contributed by atoms with Gasteiger partial charge in [0, 0.05) is 17.9 Å². The lowest BCUT2D eigenvalue weighted by molar-refractivity contribution is 0.0618. The zero-order valence-electron chi connectivity index (χ0n) is 11.7. The lowest BCUT2D eigenvalue weighted by atomic mass is 9.88. The molecule has 1 aromatic rings. The van der Waals surface area contributed by atoms with Gasteiger partial charge in [0.2, 0.25) is 0 Å². The van der Waals surface area contributed by atoms with Gasteiger partial charge >= 0.3 is 0 Å². The molecule has 0 saturated carbocycles. The average molecular weight is 248 g/mol. The minimum absolute atomic E-state index is 0.0607. The Morgan fingerprint density at radius 1 is 1.22 bits per heavy atom. The minimum Gasteiger partial charge on any atom is -0.310 e. The summed E-state index contributed by atoms with van der Waals surface area (Å²) in [6.45, 7) is 6.97. The molecule has 1 aliphatic rings. The molecule has 4 nitrogen and oxygen atoms in total. The number of hydrogen-bond donors (Lipinski definition) is 1. The fourth-order valence-corrected chi connectivity index (χ4v) is 2.98. The first kappa shape index (κ1) is 13.4. The van der Waals surface area contributed by atoms with Gasteiger partial charge in [-0.2, -0.15) is 0 Å². The molecule has 1 fully saturated rings. The summed E-state index contributed by atoms with van der Waals surface area (Å²) < 4.78 is 0. The quantitative estimate of drug-likeness (QED) is 0.885. The van der Waals surface area contributed by atoms with Gasteiger partial charge in [-0.05, 0) is 46.8 Å². The van der Waals surface area contributed by atoms with Crippen molar-refractivity contribution in [2.75, 3.05) is 20.1 Å². The van der Waals surface area contributed by atoms with Gasteiger partial charge in [0.25, 0.3) is 0 Å². The van der Waals surface area contributed by atoms with Crippen LogP contribution in [0.2, 0.25) is 0 Å². The van der Waals surface area contributed by atoms with E-state index in [2.05, 4.69) is 34.0 Å². The van der Waals surface area contributed by atoms with E-state index in [1.165, 1.54) is 32.4 Å². The summed E-state index contributed by atoms with van der Waals surface area (Å²) in [6, 6.07) is 0.212. The van der Waals surface area contributed by atoms with Crippen molar-refractivity contribution in [3.8, 4) is 0 Å². The Labute approximate surface area is 110 Å². The summed E-state index contributed by atoms with van der Waals surface area (Å²) in [5, 5.41) is 3.41. The Morgan fingerprint density at radius 3 is 2.50 bits per heavy atom. The molecule has 4 heteroatoms. The first-order valence-corrected chi connectivity index (χ1v) is 6.84. The monoisotopic (exact) mass is 248 g/mol. The second-order valence-corrected chi connectivity index (χ2v) is 5.55. The number of rotatable bonds is 4. The SMILES string of the molecule is CNC(c1cnccn1)C(C)(C)N1CCCCC1. The van der Waals surface area contributed by atoms with Gasteiger partial charge in [-0.15, -0.1) is 0 Å². The van der Waals surface area contributed by atoms with E-state index in [4.69, 9.17) is 0 Å². The van der Waals surface area contributed by atoms with E-state index < -0.39 is 0 Å². The molecule has 1 N–H and O–H groups in total. The van der Waals surface area contributed by atoms with E-state index in [9.17, 15) is 0 Å². The summed E-state index contributed by atoms with van der Waals surface area (Å²) in [7, 11) is 2.01. The van der Waals surface area contributed by atoms with Crippen LogP contribution < -0.4 is 5.32 Å². The van der Waals surface area contributed by atoms with Crippen molar-refractivity contribution in [1.29, 1.82) is 0 Å². The van der Waals surface area contributed by atoms with Crippen molar-refractivity contribution in [2.45, 2.75) is 44.7 Å². The number of likely N-dealkylation sites (tertiary alicyclic amines) is 1. The zero-order valence-corrected chi connectivity index (χ0v) is 11.7. The van der Waals surface area contributed by atoms with Crippen LogP contribution in [0.25, 0.3) is 0 Å². The predicted octanol–water partition coefficient (Wildman–Crippen LogP) is 2.00.